The first-order chi connectivity index (χ1) is 13.4. The Balaban J connectivity index is 1.95. The SMILES string of the molecule is COC(=O)C[C@H]1Oc2cc(C)ccc2N(Cc2cccc(C(=O)OC)c2)C1=O. The summed E-state index contributed by atoms with van der Waals surface area (Å²) in [6, 6.07) is 12.4. The molecule has 1 aliphatic rings. The molecule has 1 atom stereocenters. The van der Waals surface area contributed by atoms with E-state index in [4.69, 9.17) is 9.47 Å². The summed E-state index contributed by atoms with van der Waals surface area (Å²) < 4.78 is 15.2. The van der Waals surface area contributed by atoms with Crippen molar-refractivity contribution in [3.05, 3.63) is 59.2 Å². The van der Waals surface area contributed by atoms with E-state index in [0.29, 0.717) is 17.0 Å². The Labute approximate surface area is 162 Å². The third kappa shape index (κ3) is 3.98. The van der Waals surface area contributed by atoms with Crippen LogP contribution in [0, 0.1) is 6.92 Å². The van der Waals surface area contributed by atoms with Gasteiger partial charge in [-0.2, -0.15) is 0 Å². The van der Waals surface area contributed by atoms with E-state index in [1.54, 1.807) is 29.2 Å². The molecule has 0 saturated carbocycles. The van der Waals surface area contributed by atoms with Gasteiger partial charge in [-0.05, 0) is 42.3 Å². The van der Waals surface area contributed by atoms with Gasteiger partial charge >= 0.3 is 11.9 Å². The number of rotatable bonds is 5. The zero-order chi connectivity index (χ0) is 20.3. The van der Waals surface area contributed by atoms with Crippen molar-refractivity contribution >= 4 is 23.5 Å². The van der Waals surface area contributed by atoms with Gasteiger partial charge in [-0.1, -0.05) is 18.2 Å². The summed E-state index contributed by atoms with van der Waals surface area (Å²) in [4.78, 5) is 38.1. The number of ether oxygens (including phenoxy) is 3. The number of carbonyl (C=O) groups excluding carboxylic acids is 3. The summed E-state index contributed by atoms with van der Waals surface area (Å²) in [5, 5.41) is 0. The first-order valence-corrected chi connectivity index (χ1v) is 8.75. The summed E-state index contributed by atoms with van der Waals surface area (Å²) in [6.07, 6.45) is -1.15. The maximum absolute atomic E-state index is 13.0. The molecule has 0 spiro atoms. The molecule has 0 radical (unpaired) electrons. The zero-order valence-corrected chi connectivity index (χ0v) is 15.9. The fraction of sp³-hybridized carbons (Fsp3) is 0.286. The minimum Gasteiger partial charge on any atom is -0.478 e. The fourth-order valence-electron chi connectivity index (χ4n) is 3.06. The Kier molecular flexibility index (Phi) is 5.63. The number of benzene rings is 2. The Morgan fingerprint density at radius 3 is 2.61 bits per heavy atom. The molecular formula is C21H21NO6. The van der Waals surface area contributed by atoms with Gasteiger partial charge in [-0.25, -0.2) is 4.79 Å². The highest BCUT2D eigenvalue weighted by Crippen LogP contribution is 2.36. The highest BCUT2D eigenvalue weighted by atomic mass is 16.5. The van der Waals surface area contributed by atoms with Gasteiger partial charge in [0.05, 0.1) is 38.4 Å². The molecule has 0 fully saturated rings. The summed E-state index contributed by atoms with van der Waals surface area (Å²) in [7, 11) is 2.58. The molecule has 2 aromatic rings. The molecule has 0 bridgehead atoms. The van der Waals surface area contributed by atoms with Crippen LogP contribution < -0.4 is 9.64 Å². The van der Waals surface area contributed by atoms with Crippen molar-refractivity contribution in [3.8, 4) is 5.75 Å². The molecule has 2 aromatic carbocycles. The second-order valence-electron chi connectivity index (χ2n) is 6.47. The van der Waals surface area contributed by atoms with Crippen LogP contribution in [0.15, 0.2) is 42.5 Å². The Hall–Kier alpha value is -3.35. The monoisotopic (exact) mass is 383 g/mol. The van der Waals surface area contributed by atoms with Crippen LogP contribution in [0.2, 0.25) is 0 Å². The summed E-state index contributed by atoms with van der Waals surface area (Å²) in [5.74, 6) is -0.792. The molecule has 7 nitrogen and oxygen atoms in total. The van der Waals surface area contributed by atoms with Crippen LogP contribution in [-0.4, -0.2) is 38.2 Å². The minimum atomic E-state index is -0.967. The number of methoxy groups -OCH3 is 2. The Morgan fingerprint density at radius 1 is 1.11 bits per heavy atom. The summed E-state index contributed by atoms with van der Waals surface area (Å²) in [6.45, 7) is 2.14. The molecule has 3 rings (SSSR count). The molecule has 7 heteroatoms. The van der Waals surface area contributed by atoms with Crippen LogP contribution in [0.25, 0.3) is 0 Å². The number of carbonyl (C=O) groups is 3. The van der Waals surface area contributed by atoms with Gasteiger partial charge in [0, 0.05) is 0 Å². The van der Waals surface area contributed by atoms with Crippen molar-refractivity contribution in [1.82, 2.24) is 0 Å². The van der Waals surface area contributed by atoms with E-state index in [-0.39, 0.29) is 18.9 Å². The van der Waals surface area contributed by atoms with Crippen molar-refractivity contribution in [2.24, 2.45) is 0 Å². The third-order valence-corrected chi connectivity index (χ3v) is 4.49. The standard InChI is InChI=1S/C21H21NO6/c1-13-7-8-16-17(9-13)28-18(11-19(23)26-2)20(24)22(16)12-14-5-4-6-15(10-14)21(25)27-3/h4-10,18H,11-12H2,1-3H3/t18-/m1/s1. The number of hydrogen-bond acceptors (Lipinski definition) is 6. The molecule has 0 saturated heterocycles. The van der Waals surface area contributed by atoms with E-state index in [1.165, 1.54) is 14.2 Å². The molecule has 1 amide bonds. The van der Waals surface area contributed by atoms with Crippen molar-refractivity contribution in [1.29, 1.82) is 0 Å². The number of esters is 2. The lowest BCUT2D eigenvalue weighted by Gasteiger charge is -2.34. The highest BCUT2D eigenvalue weighted by Gasteiger charge is 2.36. The highest BCUT2D eigenvalue weighted by molar-refractivity contribution is 6.01. The van der Waals surface area contributed by atoms with E-state index in [1.807, 2.05) is 25.1 Å². The minimum absolute atomic E-state index is 0.179. The van der Waals surface area contributed by atoms with Crippen molar-refractivity contribution in [2.45, 2.75) is 26.0 Å². The van der Waals surface area contributed by atoms with Crippen LogP contribution in [0.5, 0.6) is 5.75 Å². The second-order valence-corrected chi connectivity index (χ2v) is 6.47. The van der Waals surface area contributed by atoms with Crippen LogP contribution in [-0.2, 0) is 25.6 Å². The fourth-order valence-corrected chi connectivity index (χ4v) is 3.06. The van der Waals surface area contributed by atoms with Crippen molar-refractivity contribution in [2.75, 3.05) is 19.1 Å². The van der Waals surface area contributed by atoms with E-state index in [9.17, 15) is 14.4 Å². The number of anilines is 1. The number of hydrogen-bond donors (Lipinski definition) is 0. The van der Waals surface area contributed by atoms with E-state index < -0.39 is 18.0 Å². The molecule has 0 aromatic heterocycles. The molecule has 0 N–H and O–H groups in total. The predicted octanol–water partition coefficient (Wildman–Crippen LogP) is 2.64. The Bertz CT molecular complexity index is 923. The first-order valence-electron chi connectivity index (χ1n) is 8.75. The maximum Gasteiger partial charge on any atom is 0.337 e. The van der Waals surface area contributed by atoms with Crippen LogP contribution >= 0.6 is 0 Å². The maximum atomic E-state index is 13.0. The predicted molar refractivity (Wildman–Crippen MR) is 101 cm³/mol. The molecule has 0 unspecified atom stereocenters. The van der Waals surface area contributed by atoms with Gasteiger partial charge in [0.1, 0.15) is 5.75 Å². The van der Waals surface area contributed by atoms with Gasteiger partial charge in [0.2, 0.25) is 0 Å². The smallest absolute Gasteiger partial charge is 0.337 e. The molecule has 0 aliphatic carbocycles. The topological polar surface area (TPSA) is 82.1 Å². The summed E-state index contributed by atoms with van der Waals surface area (Å²) >= 11 is 0. The third-order valence-electron chi connectivity index (χ3n) is 4.49. The van der Waals surface area contributed by atoms with Gasteiger partial charge in [-0.3, -0.25) is 9.59 Å². The van der Waals surface area contributed by atoms with Crippen molar-refractivity contribution in [3.63, 3.8) is 0 Å². The molecular weight excluding hydrogens is 362 g/mol. The van der Waals surface area contributed by atoms with Crippen LogP contribution in [0.3, 0.4) is 0 Å². The number of fused-ring (bicyclic) bond motifs is 1. The largest absolute Gasteiger partial charge is 0.478 e. The normalized spacial score (nSPS) is 15.5. The number of nitrogens with zero attached hydrogens (tertiary/aromatic N) is 1. The molecule has 1 aliphatic heterocycles. The molecule has 28 heavy (non-hydrogen) atoms. The lowest BCUT2D eigenvalue weighted by atomic mass is 10.1. The molecule has 146 valence electrons. The second kappa shape index (κ2) is 8.12. The lowest BCUT2D eigenvalue weighted by Crippen LogP contribution is -2.46. The van der Waals surface area contributed by atoms with Gasteiger partial charge in [0.15, 0.2) is 6.10 Å². The van der Waals surface area contributed by atoms with Gasteiger partial charge in [-0.15, -0.1) is 0 Å². The first kappa shape index (κ1) is 19.4. The van der Waals surface area contributed by atoms with Crippen LogP contribution in [0.4, 0.5) is 5.69 Å². The molecule has 1 heterocycles. The Morgan fingerprint density at radius 2 is 1.89 bits per heavy atom. The average Bonchev–Trinajstić information content (AvgIpc) is 2.70. The number of amides is 1. The number of aryl methyl sites for hydroxylation is 1. The zero-order valence-electron chi connectivity index (χ0n) is 15.9. The average molecular weight is 383 g/mol. The van der Waals surface area contributed by atoms with Crippen LogP contribution in [0.1, 0.15) is 27.9 Å². The lowest BCUT2D eigenvalue weighted by molar-refractivity contribution is -0.145. The summed E-state index contributed by atoms with van der Waals surface area (Å²) in [5.41, 5.74) is 2.73. The van der Waals surface area contributed by atoms with E-state index >= 15 is 0 Å². The van der Waals surface area contributed by atoms with Gasteiger partial charge in [0.25, 0.3) is 5.91 Å². The quantitative estimate of drug-likeness (QED) is 0.739. The van der Waals surface area contributed by atoms with Crippen molar-refractivity contribution < 1.29 is 28.6 Å². The van der Waals surface area contributed by atoms with Gasteiger partial charge < -0.3 is 19.1 Å². The van der Waals surface area contributed by atoms with E-state index in [0.717, 1.165) is 11.1 Å². The van der Waals surface area contributed by atoms with E-state index in [2.05, 4.69) is 4.74 Å².